The molecular weight excluding hydrogens is 1060 g/mol. The van der Waals surface area contributed by atoms with Gasteiger partial charge in [0.1, 0.15) is 0 Å². The van der Waals surface area contributed by atoms with Crippen molar-refractivity contribution < 1.29 is 0 Å². The van der Waals surface area contributed by atoms with Gasteiger partial charge in [-0.3, -0.25) is 0 Å². The molecule has 15 aromatic rings. The van der Waals surface area contributed by atoms with Crippen molar-refractivity contribution in [2.45, 2.75) is 0 Å². The molecule has 0 unspecified atom stereocenters. The Morgan fingerprint density at radius 1 is 0.136 bits per heavy atom. The lowest BCUT2D eigenvalue weighted by molar-refractivity contribution is 1.28. The van der Waals surface area contributed by atoms with Gasteiger partial charge in [-0.15, -0.1) is 0 Å². The molecule has 0 aliphatic heterocycles. The number of hydrogen-bond donors (Lipinski definition) is 0. The van der Waals surface area contributed by atoms with Crippen LogP contribution in [0, 0.1) is 0 Å². The quantitative estimate of drug-likeness (QED) is 0.0949. The normalized spacial score (nSPS) is 11.2. The largest absolute Gasteiger partial charge is 0.311 e. The molecule has 88 heavy (non-hydrogen) atoms. The van der Waals surface area contributed by atoms with Crippen molar-refractivity contribution in [1.29, 1.82) is 0 Å². The number of anilines is 12. The van der Waals surface area contributed by atoms with E-state index in [0.29, 0.717) is 0 Å². The maximum Gasteiger partial charge on any atom is 0.0540 e. The minimum atomic E-state index is 1.07. The smallest absolute Gasteiger partial charge is 0.0540 e. The number of fused-ring (bicyclic) bond motifs is 4. The first-order valence-corrected chi connectivity index (χ1v) is 30.1. The van der Waals surface area contributed by atoms with E-state index in [-0.39, 0.29) is 0 Å². The van der Waals surface area contributed by atoms with E-state index in [1.54, 1.807) is 0 Å². The Morgan fingerprint density at radius 3 is 0.773 bits per heavy atom. The minimum absolute atomic E-state index is 1.07. The molecule has 4 heteroatoms. The van der Waals surface area contributed by atoms with E-state index in [9.17, 15) is 0 Å². The summed E-state index contributed by atoms with van der Waals surface area (Å²) in [6, 6.07) is 131. The summed E-state index contributed by atoms with van der Waals surface area (Å²) < 4.78 is 0. The second-order valence-electron chi connectivity index (χ2n) is 22.2. The molecule has 0 aliphatic carbocycles. The van der Waals surface area contributed by atoms with Crippen molar-refractivity contribution in [3.05, 3.63) is 364 Å². The fourth-order valence-corrected chi connectivity index (χ4v) is 12.5. The summed E-state index contributed by atoms with van der Waals surface area (Å²) in [5.74, 6) is 0. The van der Waals surface area contributed by atoms with Crippen molar-refractivity contribution in [2.24, 2.45) is 0 Å². The molecule has 4 nitrogen and oxygen atoms in total. The Hall–Kier alpha value is -11.7. The lowest BCUT2D eigenvalue weighted by atomic mass is 9.99. The van der Waals surface area contributed by atoms with Crippen molar-refractivity contribution in [3.63, 3.8) is 0 Å². The predicted octanol–water partition coefficient (Wildman–Crippen LogP) is 24.0. The highest BCUT2D eigenvalue weighted by Gasteiger charge is 2.20. The molecule has 0 saturated carbocycles. The molecule has 0 radical (unpaired) electrons. The van der Waals surface area contributed by atoms with Crippen molar-refractivity contribution >= 4 is 101 Å². The molecule has 0 aromatic heterocycles. The molecule has 0 atom stereocenters. The monoisotopic (exact) mass is 1120 g/mol. The van der Waals surface area contributed by atoms with Crippen LogP contribution in [0.3, 0.4) is 0 Å². The first kappa shape index (κ1) is 53.0. The summed E-state index contributed by atoms with van der Waals surface area (Å²) >= 11 is 0. The van der Waals surface area contributed by atoms with Crippen LogP contribution in [-0.4, -0.2) is 0 Å². The van der Waals surface area contributed by atoms with E-state index in [1.165, 1.54) is 43.4 Å². The summed E-state index contributed by atoms with van der Waals surface area (Å²) in [6.45, 7) is 0. The molecule has 15 rings (SSSR count). The van der Waals surface area contributed by atoms with Crippen molar-refractivity contribution in [2.75, 3.05) is 19.6 Å². The third kappa shape index (κ3) is 10.6. The van der Waals surface area contributed by atoms with Crippen LogP contribution in [0.2, 0.25) is 0 Å². The Balaban J connectivity index is 0.755. The molecule has 15 aromatic carbocycles. The average molecular weight is 1130 g/mol. The van der Waals surface area contributed by atoms with Crippen LogP contribution in [0.4, 0.5) is 68.2 Å². The molecule has 0 amide bonds. The Morgan fingerprint density at radius 2 is 0.398 bits per heavy atom. The predicted molar refractivity (Wildman–Crippen MR) is 374 cm³/mol. The van der Waals surface area contributed by atoms with Crippen LogP contribution in [0.5, 0.6) is 0 Å². The molecule has 0 saturated heterocycles. The summed E-state index contributed by atoms with van der Waals surface area (Å²) in [6.07, 6.45) is 0. The lowest BCUT2D eigenvalue weighted by Gasteiger charge is -2.28. The maximum absolute atomic E-state index is 2.41. The van der Waals surface area contributed by atoms with Crippen molar-refractivity contribution in [1.82, 2.24) is 0 Å². The summed E-state index contributed by atoms with van der Waals surface area (Å²) in [5, 5.41) is 7.13. The Bertz CT molecular complexity index is 4760. The minimum Gasteiger partial charge on any atom is -0.311 e. The van der Waals surface area contributed by atoms with Crippen molar-refractivity contribution in [3.8, 4) is 33.4 Å². The van der Waals surface area contributed by atoms with Crippen LogP contribution in [-0.2, 0) is 0 Å². The summed E-state index contributed by atoms with van der Waals surface area (Å²) in [4.78, 5) is 9.38. The van der Waals surface area contributed by atoms with Gasteiger partial charge in [-0.2, -0.15) is 0 Å². The Labute approximate surface area is 514 Å². The van der Waals surface area contributed by atoms with Gasteiger partial charge in [-0.1, -0.05) is 224 Å². The van der Waals surface area contributed by atoms with E-state index in [4.69, 9.17) is 0 Å². The van der Waals surface area contributed by atoms with Crippen LogP contribution in [0.25, 0.3) is 65.7 Å². The summed E-state index contributed by atoms with van der Waals surface area (Å²) in [5.41, 5.74) is 20.2. The maximum atomic E-state index is 2.41. The van der Waals surface area contributed by atoms with Crippen LogP contribution in [0.1, 0.15) is 0 Å². The van der Waals surface area contributed by atoms with E-state index in [0.717, 1.165) is 90.5 Å². The van der Waals surface area contributed by atoms with Gasteiger partial charge in [0.25, 0.3) is 0 Å². The number of benzene rings is 15. The fourth-order valence-electron chi connectivity index (χ4n) is 12.5. The fraction of sp³-hybridized carbons (Fsp3) is 0. The number of hydrogen-bond acceptors (Lipinski definition) is 4. The van der Waals surface area contributed by atoms with Gasteiger partial charge in [0.2, 0.25) is 0 Å². The van der Waals surface area contributed by atoms with Gasteiger partial charge in [0.15, 0.2) is 0 Å². The molecule has 0 spiro atoms. The Kier molecular flexibility index (Phi) is 14.3. The standard InChI is InChI=1S/C84H60N4/c1-6-19-61(20-7-1)62-35-49-76(50-36-62)87(77-51-41-65(42-52-77)63-37-45-74(46-38-63)85(70-23-8-2-9-24-70)71-25-10-3-11-26-71)79-55-57-81-68(59-79)33-34-69-60-80(56-58-82(69)81)88(84-32-18-22-67-21-16-17-31-83(67)84)78-53-43-66(44-54-78)64-39-47-75(48-40-64)86(72-27-12-4-13-28-72)73-29-14-5-15-30-73/h1-60H. The van der Waals surface area contributed by atoms with E-state index >= 15 is 0 Å². The topological polar surface area (TPSA) is 13.0 Å². The molecule has 0 bridgehead atoms. The first-order chi connectivity index (χ1) is 43.6. The zero-order chi connectivity index (χ0) is 58.6. The van der Waals surface area contributed by atoms with Crippen LogP contribution in [0.15, 0.2) is 364 Å². The van der Waals surface area contributed by atoms with E-state index in [2.05, 4.69) is 384 Å². The third-order valence-electron chi connectivity index (χ3n) is 16.8. The number of nitrogens with zero attached hydrogens (tertiary/aromatic N) is 4. The highest BCUT2D eigenvalue weighted by Crippen LogP contribution is 2.45. The van der Waals surface area contributed by atoms with E-state index < -0.39 is 0 Å². The SMILES string of the molecule is c1ccc(-c2ccc(N(c3ccc(-c4ccc(N(c5ccccc5)c5ccccc5)cc4)cc3)c3ccc4c(ccc5cc(N(c6ccc(-c7ccc(N(c8ccccc8)c8ccccc8)cc7)cc6)c6cccc7ccccc67)ccc54)c3)cc2)cc1. The summed E-state index contributed by atoms with van der Waals surface area (Å²) in [7, 11) is 0. The number of para-hydroxylation sites is 4. The molecule has 0 N–H and O–H groups in total. The van der Waals surface area contributed by atoms with Gasteiger partial charge in [0, 0.05) is 67.9 Å². The van der Waals surface area contributed by atoms with Crippen LogP contribution >= 0.6 is 0 Å². The molecular formula is C84H60N4. The molecule has 416 valence electrons. The molecule has 0 fully saturated rings. The molecule has 0 aliphatic rings. The third-order valence-corrected chi connectivity index (χ3v) is 16.8. The average Bonchev–Trinajstić information content (AvgIpc) is 2.09. The second kappa shape index (κ2) is 23.7. The lowest BCUT2D eigenvalue weighted by Crippen LogP contribution is -2.10. The molecule has 0 heterocycles. The van der Waals surface area contributed by atoms with Gasteiger partial charge < -0.3 is 19.6 Å². The van der Waals surface area contributed by atoms with Gasteiger partial charge in [-0.25, -0.2) is 0 Å². The van der Waals surface area contributed by atoms with Gasteiger partial charge >= 0.3 is 0 Å². The second-order valence-corrected chi connectivity index (χ2v) is 22.2. The van der Waals surface area contributed by atoms with E-state index in [1.807, 2.05) is 0 Å². The number of rotatable bonds is 15. The first-order valence-electron chi connectivity index (χ1n) is 30.1. The zero-order valence-electron chi connectivity index (χ0n) is 48.4. The highest BCUT2D eigenvalue weighted by molar-refractivity contribution is 6.10. The zero-order valence-corrected chi connectivity index (χ0v) is 48.4. The van der Waals surface area contributed by atoms with Gasteiger partial charge in [0.05, 0.1) is 5.69 Å². The van der Waals surface area contributed by atoms with Crippen LogP contribution < -0.4 is 19.6 Å². The highest BCUT2D eigenvalue weighted by atomic mass is 15.2. The van der Waals surface area contributed by atoms with Gasteiger partial charge in [-0.05, 0) is 200 Å².